The lowest BCUT2D eigenvalue weighted by Crippen LogP contribution is -2.59. The second-order valence-corrected chi connectivity index (χ2v) is 13.6. The van der Waals surface area contributed by atoms with E-state index in [2.05, 4.69) is 10.6 Å². The van der Waals surface area contributed by atoms with E-state index < -0.39 is 34.2 Å². The summed E-state index contributed by atoms with van der Waals surface area (Å²) < 4.78 is 4.79. The summed E-state index contributed by atoms with van der Waals surface area (Å²) in [6, 6.07) is 15.5. The van der Waals surface area contributed by atoms with E-state index in [1.54, 1.807) is 40.9 Å². The van der Waals surface area contributed by atoms with E-state index in [0.29, 0.717) is 25.1 Å². The molecule has 9 heteroatoms. The first-order valence-electron chi connectivity index (χ1n) is 14.1. The molecule has 6 atom stereocenters. The maximum absolute atomic E-state index is 14.4. The van der Waals surface area contributed by atoms with Crippen LogP contribution in [0.5, 0.6) is 5.75 Å². The van der Waals surface area contributed by atoms with Gasteiger partial charge in [-0.1, -0.05) is 30.3 Å². The average molecular weight is 566 g/mol. The van der Waals surface area contributed by atoms with Crippen molar-refractivity contribution in [2.45, 2.75) is 74.6 Å². The van der Waals surface area contributed by atoms with Crippen molar-refractivity contribution in [2.24, 2.45) is 11.8 Å². The highest BCUT2D eigenvalue weighted by Gasteiger charge is 2.74. The van der Waals surface area contributed by atoms with Crippen LogP contribution in [0.2, 0.25) is 0 Å². The first-order valence-corrected chi connectivity index (χ1v) is 15.0. The van der Waals surface area contributed by atoms with Gasteiger partial charge in [0.15, 0.2) is 0 Å². The molecule has 40 heavy (non-hydrogen) atoms. The number of carbonyl (C=O) groups excluding carboxylic acids is 3. The number of aliphatic hydroxyl groups excluding tert-OH is 1. The van der Waals surface area contributed by atoms with Gasteiger partial charge in [-0.25, -0.2) is 0 Å². The number of fused-ring (bicyclic) bond motifs is 1. The van der Waals surface area contributed by atoms with E-state index in [-0.39, 0.29) is 29.6 Å². The van der Waals surface area contributed by atoms with Crippen LogP contribution in [-0.4, -0.2) is 68.6 Å². The van der Waals surface area contributed by atoms with Gasteiger partial charge in [-0.15, -0.1) is 11.8 Å². The number of nitrogens with one attached hydrogen (secondary N) is 2. The Morgan fingerprint density at radius 3 is 2.45 bits per heavy atom. The van der Waals surface area contributed by atoms with Crippen molar-refractivity contribution in [1.82, 2.24) is 10.2 Å². The molecule has 3 aliphatic rings. The predicted octanol–water partition coefficient (Wildman–Crippen LogP) is 3.63. The molecular formula is C31H39N3O5S. The number of amides is 3. The lowest BCUT2D eigenvalue weighted by atomic mass is 9.70. The molecular weight excluding hydrogens is 526 g/mol. The number of nitrogens with zero attached hydrogens (tertiary/aromatic N) is 1. The molecule has 3 amide bonds. The molecule has 214 valence electrons. The third-order valence-corrected chi connectivity index (χ3v) is 10.1. The predicted molar refractivity (Wildman–Crippen MR) is 156 cm³/mol. The third-order valence-electron chi connectivity index (χ3n) is 8.14. The SMILES string of the molecule is CCOc1ccc(NC(=O)[C@@H]2[C@@H]3CCC4(S3)C(C(=O)NC(C)(C)C)N([C@@H](CO)Cc3ccccc3)C(=O)[C@H]24)cc1. The zero-order valence-electron chi connectivity index (χ0n) is 23.6. The minimum Gasteiger partial charge on any atom is -0.494 e. The van der Waals surface area contributed by atoms with Crippen molar-refractivity contribution in [2.75, 3.05) is 18.5 Å². The van der Waals surface area contributed by atoms with Gasteiger partial charge in [-0.3, -0.25) is 14.4 Å². The van der Waals surface area contributed by atoms with Gasteiger partial charge in [-0.05, 0) is 76.8 Å². The molecule has 2 aromatic rings. The van der Waals surface area contributed by atoms with Gasteiger partial charge in [0.05, 0.1) is 35.8 Å². The summed E-state index contributed by atoms with van der Waals surface area (Å²) in [4.78, 5) is 43.7. The lowest BCUT2D eigenvalue weighted by Gasteiger charge is -2.38. The fourth-order valence-corrected chi connectivity index (χ4v) is 8.89. The van der Waals surface area contributed by atoms with E-state index in [9.17, 15) is 19.5 Å². The van der Waals surface area contributed by atoms with E-state index in [0.717, 1.165) is 17.7 Å². The molecule has 3 fully saturated rings. The summed E-state index contributed by atoms with van der Waals surface area (Å²) in [5.74, 6) is -1.13. The van der Waals surface area contributed by atoms with Crippen LogP contribution in [0.3, 0.4) is 0 Å². The fourth-order valence-electron chi connectivity index (χ4n) is 6.69. The number of rotatable bonds is 9. The zero-order chi connectivity index (χ0) is 28.7. The Bertz CT molecular complexity index is 1250. The monoisotopic (exact) mass is 565 g/mol. The summed E-state index contributed by atoms with van der Waals surface area (Å²) in [6.07, 6.45) is 1.85. The summed E-state index contributed by atoms with van der Waals surface area (Å²) in [6.45, 7) is 7.94. The Morgan fingerprint density at radius 1 is 1.12 bits per heavy atom. The number of thioether (sulfide) groups is 1. The molecule has 3 aliphatic heterocycles. The van der Waals surface area contributed by atoms with Gasteiger partial charge >= 0.3 is 0 Å². The first kappa shape index (κ1) is 28.5. The van der Waals surface area contributed by atoms with E-state index in [1.165, 1.54) is 0 Å². The summed E-state index contributed by atoms with van der Waals surface area (Å²) in [5.41, 5.74) is 1.11. The van der Waals surface area contributed by atoms with Crippen molar-refractivity contribution < 1.29 is 24.2 Å². The molecule has 3 N–H and O–H groups in total. The normalized spacial score (nSPS) is 27.8. The average Bonchev–Trinajstić information content (AvgIpc) is 3.55. The number of carbonyl (C=O) groups is 3. The second kappa shape index (κ2) is 11.1. The van der Waals surface area contributed by atoms with Gasteiger partial charge in [0.2, 0.25) is 17.7 Å². The van der Waals surface area contributed by atoms with Crippen LogP contribution in [0, 0.1) is 11.8 Å². The van der Waals surface area contributed by atoms with Crippen LogP contribution in [-0.2, 0) is 20.8 Å². The molecule has 5 rings (SSSR count). The smallest absolute Gasteiger partial charge is 0.244 e. The Balaban J connectivity index is 1.47. The van der Waals surface area contributed by atoms with Gasteiger partial charge < -0.3 is 25.4 Å². The van der Waals surface area contributed by atoms with Crippen LogP contribution in [0.25, 0.3) is 0 Å². The van der Waals surface area contributed by atoms with Crippen molar-refractivity contribution in [3.8, 4) is 5.75 Å². The number of ether oxygens (including phenoxy) is 1. The number of likely N-dealkylation sites (tertiary alicyclic amines) is 1. The minimum absolute atomic E-state index is 0.0505. The molecule has 2 aromatic carbocycles. The van der Waals surface area contributed by atoms with E-state index in [4.69, 9.17) is 4.74 Å². The number of hydrogen-bond donors (Lipinski definition) is 3. The maximum Gasteiger partial charge on any atom is 0.244 e. The summed E-state index contributed by atoms with van der Waals surface area (Å²) >= 11 is 1.62. The summed E-state index contributed by atoms with van der Waals surface area (Å²) in [5, 5.41) is 16.6. The molecule has 1 spiro atoms. The van der Waals surface area contributed by atoms with Gasteiger partial charge in [-0.2, -0.15) is 0 Å². The maximum atomic E-state index is 14.4. The largest absolute Gasteiger partial charge is 0.494 e. The molecule has 0 aromatic heterocycles. The highest BCUT2D eigenvalue weighted by atomic mass is 32.2. The third kappa shape index (κ3) is 5.21. The zero-order valence-corrected chi connectivity index (χ0v) is 24.4. The molecule has 3 saturated heterocycles. The lowest BCUT2D eigenvalue weighted by molar-refractivity contribution is -0.142. The molecule has 0 radical (unpaired) electrons. The van der Waals surface area contributed by atoms with Crippen LogP contribution in [0.15, 0.2) is 54.6 Å². The van der Waals surface area contributed by atoms with E-state index >= 15 is 0 Å². The molecule has 2 unspecified atom stereocenters. The van der Waals surface area contributed by atoms with Crippen LogP contribution in [0.1, 0.15) is 46.1 Å². The first-order chi connectivity index (χ1) is 19.1. The molecule has 0 aliphatic carbocycles. The number of anilines is 1. The van der Waals surface area contributed by atoms with Gasteiger partial charge in [0.1, 0.15) is 11.8 Å². The van der Waals surface area contributed by atoms with Crippen molar-refractivity contribution in [3.63, 3.8) is 0 Å². The van der Waals surface area contributed by atoms with Crippen molar-refractivity contribution >= 4 is 35.2 Å². The van der Waals surface area contributed by atoms with Gasteiger partial charge in [0.25, 0.3) is 0 Å². The highest BCUT2D eigenvalue weighted by Crippen LogP contribution is 2.66. The molecule has 8 nitrogen and oxygen atoms in total. The highest BCUT2D eigenvalue weighted by molar-refractivity contribution is 8.02. The van der Waals surface area contributed by atoms with Crippen molar-refractivity contribution in [3.05, 3.63) is 60.2 Å². The Labute approximate surface area is 240 Å². The standard InChI is InChI=1S/C31H39N3O5S/c1-5-39-22-13-11-20(12-14-22)32-27(36)24-23-15-16-31(40-23)25(24)29(38)34(26(31)28(37)33-30(2,3)4)21(18-35)17-19-9-7-6-8-10-19/h6-14,21,23-26,35H,5,15-18H2,1-4H3,(H,32,36)(H,33,37)/t21-,23+,24-,25+,26?,31?/m1/s1. The van der Waals surface area contributed by atoms with Crippen molar-refractivity contribution in [1.29, 1.82) is 0 Å². The van der Waals surface area contributed by atoms with Crippen LogP contribution >= 0.6 is 11.8 Å². The Kier molecular flexibility index (Phi) is 7.90. The second-order valence-electron chi connectivity index (χ2n) is 12.0. The van der Waals surface area contributed by atoms with Gasteiger partial charge in [0, 0.05) is 16.5 Å². The number of hydrogen-bond acceptors (Lipinski definition) is 6. The van der Waals surface area contributed by atoms with Crippen LogP contribution in [0.4, 0.5) is 5.69 Å². The molecule has 3 heterocycles. The Hall–Kier alpha value is -3.04. The quantitative estimate of drug-likeness (QED) is 0.429. The number of benzene rings is 2. The summed E-state index contributed by atoms with van der Waals surface area (Å²) in [7, 11) is 0. The topological polar surface area (TPSA) is 108 Å². The minimum atomic E-state index is -0.775. The molecule has 2 bridgehead atoms. The Morgan fingerprint density at radius 2 is 1.82 bits per heavy atom. The molecule has 0 saturated carbocycles. The number of aliphatic hydroxyl groups is 1. The van der Waals surface area contributed by atoms with Crippen LogP contribution < -0.4 is 15.4 Å². The van der Waals surface area contributed by atoms with E-state index in [1.807, 2.05) is 58.0 Å². The fraction of sp³-hybridized carbons (Fsp3) is 0.516.